The summed E-state index contributed by atoms with van der Waals surface area (Å²) in [5, 5.41) is 17.9. The fourth-order valence-corrected chi connectivity index (χ4v) is 1.50. The van der Waals surface area contributed by atoms with Crippen LogP contribution in [0.25, 0.3) is 0 Å². The summed E-state index contributed by atoms with van der Waals surface area (Å²) < 4.78 is 0. The van der Waals surface area contributed by atoms with E-state index in [0.717, 1.165) is 0 Å². The molecule has 90 valence electrons. The highest BCUT2D eigenvalue weighted by molar-refractivity contribution is 6.31. The molecule has 1 aromatic carbocycles. The Bertz CT molecular complexity index is 643. The highest BCUT2D eigenvalue weighted by Gasteiger charge is 2.10. The molecule has 0 saturated carbocycles. The van der Waals surface area contributed by atoms with Gasteiger partial charge in [0, 0.05) is 11.8 Å². The standard InChI is InChI=1S/C11H8ClN5O/c12-8-2-1-7(3-6(8)5-13)15-11(18)9-4-10(14)17-16-9/h1-4H,(H,15,18)(H3,14,16,17). The minimum atomic E-state index is -0.398. The first-order valence-corrected chi connectivity index (χ1v) is 5.30. The molecule has 2 aromatic rings. The maximum atomic E-state index is 11.8. The van der Waals surface area contributed by atoms with E-state index in [0.29, 0.717) is 16.3 Å². The minimum Gasteiger partial charge on any atom is -0.382 e. The number of carbonyl (C=O) groups is 1. The molecule has 0 fully saturated rings. The molecule has 6 nitrogen and oxygen atoms in total. The summed E-state index contributed by atoms with van der Waals surface area (Å²) in [6.07, 6.45) is 0. The van der Waals surface area contributed by atoms with Crippen LogP contribution >= 0.6 is 11.6 Å². The van der Waals surface area contributed by atoms with Crippen molar-refractivity contribution in [1.82, 2.24) is 10.2 Å². The lowest BCUT2D eigenvalue weighted by Crippen LogP contribution is -2.12. The molecule has 0 bridgehead atoms. The predicted molar refractivity (Wildman–Crippen MR) is 67.1 cm³/mol. The average Bonchev–Trinajstić information content (AvgIpc) is 2.78. The third kappa shape index (κ3) is 2.42. The number of carbonyl (C=O) groups excluding carboxylic acids is 1. The first kappa shape index (κ1) is 12.0. The van der Waals surface area contributed by atoms with Gasteiger partial charge < -0.3 is 11.1 Å². The number of amides is 1. The van der Waals surface area contributed by atoms with Gasteiger partial charge in [-0.2, -0.15) is 10.4 Å². The van der Waals surface area contributed by atoms with Gasteiger partial charge in [-0.05, 0) is 18.2 Å². The molecule has 1 aromatic heterocycles. The summed E-state index contributed by atoms with van der Waals surface area (Å²) in [5.74, 6) is -0.167. The van der Waals surface area contributed by atoms with E-state index in [1.807, 2.05) is 6.07 Å². The maximum Gasteiger partial charge on any atom is 0.273 e. The lowest BCUT2D eigenvalue weighted by molar-refractivity contribution is 0.102. The quantitative estimate of drug-likeness (QED) is 0.765. The Morgan fingerprint density at radius 2 is 2.28 bits per heavy atom. The number of nitriles is 1. The number of hydrogen-bond acceptors (Lipinski definition) is 4. The molecular weight excluding hydrogens is 254 g/mol. The maximum absolute atomic E-state index is 11.8. The molecule has 0 aliphatic heterocycles. The lowest BCUT2D eigenvalue weighted by atomic mass is 10.2. The van der Waals surface area contributed by atoms with Crippen LogP contribution in [0.2, 0.25) is 5.02 Å². The van der Waals surface area contributed by atoms with Crippen molar-refractivity contribution < 1.29 is 4.79 Å². The second-order valence-corrected chi connectivity index (χ2v) is 3.87. The Morgan fingerprint density at radius 3 is 2.89 bits per heavy atom. The van der Waals surface area contributed by atoms with Gasteiger partial charge in [-0.1, -0.05) is 11.6 Å². The first-order valence-electron chi connectivity index (χ1n) is 4.92. The summed E-state index contributed by atoms with van der Waals surface area (Å²) in [7, 11) is 0. The first-order chi connectivity index (χ1) is 8.60. The summed E-state index contributed by atoms with van der Waals surface area (Å²) in [6.45, 7) is 0. The smallest absolute Gasteiger partial charge is 0.273 e. The third-order valence-corrected chi connectivity index (χ3v) is 2.52. The monoisotopic (exact) mass is 261 g/mol. The van der Waals surface area contributed by atoms with E-state index in [-0.39, 0.29) is 11.5 Å². The van der Waals surface area contributed by atoms with E-state index in [1.54, 1.807) is 6.07 Å². The number of hydrogen-bond donors (Lipinski definition) is 3. The van der Waals surface area contributed by atoms with Crippen molar-refractivity contribution in [3.63, 3.8) is 0 Å². The van der Waals surface area contributed by atoms with Crippen LogP contribution in [0.4, 0.5) is 11.5 Å². The van der Waals surface area contributed by atoms with E-state index in [2.05, 4.69) is 15.5 Å². The molecular formula is C11H8ClN5O. The largest absolute Gasteiger partial charge is 0.382 e. The minimum absolute atomic E-state index is 0.231. The molecule has 0 radical (unpaired) electrons. The lowest BCUT2D eigenvalue weighted by Gasteiger charge is -2.04. The van der Waals surface area contributed by atoms with E-state index < -0.39 is 5.91 Å². The molecule has 0 atom stereocenters. The Labute approximate surface area is 107 Å². The number of rotatable bonds is 2. The number of nitrogen functional groups attached to an aromatic ring is 1. The third-order valence-electron chi connectivity index (χ3n) is 2.19. The van der Waals surface area contributed by atoms with E-state index in [4.69, 9.17) is 22.6 Å². The molecule has 0 unspecified atom stereocenters. The fourth-order valence-electron chi connectivity index (χ4n) is 1.34. The summed E-state index contributed by atoms with van der Waals surface area (Å²) in [5.41, 5.74) is 6.39. The van der Waals surface area contributed by atoms with E-state index >= 15 is 0 Å². The van der Waals surface area contributed by atoms with Crippen molar-refractivity contribution in [2.24, 2.45) is 0 Å². The van der Waals surface area contributed by atoms with Gasteiger partial charge in [-0.3, -0.25) is 9.89 Å². The predicted octanol–water partition coefficient (Wildman–Crippen LogP) is 1.77. The number of aromatic nitrogens is 2. The number of benzene rings is 1. The Kier molecular flexibility index (Phi) is 3.17. The second-order valence-electron chi connectivity index (χ2n) is 3.47. The number of nitrogens with two attached hydrogens (primary N) is 1. The van der Waals surface area contributed by atoms with Gasteiger partial charge in [-0.25, -0.2) is 0 Å². The Hall–Kier alpha value is -2.52. The molecule has 0 saturated heterocycles. The Morgan fingerprint density at radius 1 is 1.50 bits per heavy atom. The zero-order valence-electron chi connectivity index (χ0n) is 9.07. The summed E-state index contributed by atoms with van der Waals surface area (Å²) in [4.78, 5) is 11.8. The van der Waals surface area contributed by atoms with Crippen LogP contribution in [-0.2, 0) is 0 Å². The zero-order valence-corrected chi connectivity index (χ0v) is 9.82. The number of H-pyrrole nitrogens is 1. The number of halogens is 1. The Balaban J connectivity index is 2.20. The van der Waals surface area contributed by atoms with Gasteiger partial charge in [-0.15, -0.1) is 0 Å². The van der Waals surface area contributed by atoms with Crippen molar-refractivity contribution >= 4 is 29.0 Å². The highest BCUT2D eigenvalue weighted by Crippen LogP contribution is 2.20. The number of aromatic amines is 1. The van der Waals surface area contributed by atoms with Crippen LogP contribution in [0.1, 0.15) is 16.1 Å². The van der Waals surface area contributed by atoms with Gasteiger partial charge in [0.15, 0.2) is 0 Å². The van der Waals surface area contributed by atoms with Crippen molar-refractivity contribution in [3.05, 3.63) is 40.5 Å². The van der Waals surface area contributed by atoms with Gasteiger partial charge >= 0.3 is 0 Å². The van der Waals surface area contributed by atoms with Crippen molar-refractivity contribution in [2.45, 2.75) is 0 Å². The number of nitrogens with one attached hydrogen (secondary N) is 2. The van der Waals surface area contributed by atoms with Crippen molar-refractivity contribution in [3.8, 4) is 6.07 Å². The molecule has 4 N–H and O–H groups in total. The van der Waals surface area contributed by atoms with Crippen molar-refractivity contribution in [1.29, 1.82) is 5.26 Å². The van der Waals surface area contributed by atoms with Gasteiger partial charge in [0.25, 0.3) is 5.91 Å². The van der Waals surface area contributed by atoms with Gasteiger partial charge in [0.2, 0.25) is 0 Å². The van der Waals surface area contributed by atoms with Crippen LogP contribution in [-0.4, -0.2) is 16.1 Å². The SMILES string of the molecule is N#Cc1cc(NC(=O)c2cc(N)n[nH]2)ccc1Cl. The topological polar surface area (TPSA) is 108 Å². The van der Waals surface area contributed by atoms with Gasteiger partial charge in [0.05, 0.1) is 10.6 Å². The summed E-state index contributed by atoms with van der Waals surface area (Å²) in [6, 6.07) is 7.97. The van der Waals surface area contributed by atoms with E-state index in [9.17, 15) is 4.79 Å². The molecule has 7 heteroatoms. The van der Waals surface area contributed by atoms with Crippen LogP contribution < -0.4 is 11.1 Å². The highest BCUT2D eigenvalue weighted by atomic mass is 35.5. The molecule has 1 amide bonds. The van der Waals surface area contributed by atoms with Crippen LogP contribution in [0, 0.1) is 11.3 Å². The van der Waals surface area contributed by atoms with Crippen LogP contribution in [0.5, 0.6) is 0 Å². The average molecular weight is 262 g/mol. The molecule has 0 spiro atoms. The van der Waals surface area contributed by atoms with Crippen molar-refractivity contribution in [2.75, 3.05) is 11.1 Å². The second kappa shape index (κ2) is 4.77. The molecule has 0 aliphatic carbocycles. The van der Waals surface area contributed by atoms with Crippen LogP contribution in [0.3, 0.4) is 0 Å². The fraction of sp³-hybridized carbons (Fsp3) is 0. The molecule has 18 heavy (non-hydrogen) atoms. The normalized spacial score (nSPS) is 9.78. The molecule has 0 aliphatic rings. The van der Waals surface area contributed by atoms with E-state index in [1.165, 1.54) is 18.2 Å². The number of anilines is 2. The molecule has 1 heterocycles. The number of nitrogens with zero attached hydrogens (tertiary/aromatic N) is 2. The zero-order chi connectivity index (χ0) is 13.1. The summed E-state index contributed by atoms with van der Waals surface area (Å²) >= 11 is 5.79. The van der Waals surface area contributed by atoms with Gasteiger partial charge in [0.1, 0.15) is 17.6 Å². The van der Waals surface area contributed by atoms with Crippen LogP contribution in [0.15, 0.2) is 24.3 Å². The molecule has 2 rings (SSSR count).